The third-order valence-electron chi connectivity index (χ3n) is 5.85. The molecule has 3 heterocycles. The highest BCUT2D eigenvalue weighted by Gasteiger charge is 2.45. The van der Waals surface area contributed by atoms with Crippen LogP contribution in [0.25, 0.3) is 10.9 Å². The predicted octanol–water partition coefficient (Wildman–Crippen LogP) is 4.01. The minimum Gasteiger partial charge on any atom is -0.488 e. The van der Waals surface area contributed by atoms with Gasteiger partial charge in [0.2, 0.25) is 0 Å². The van der Waals surface area contributed by atoms with Crippen molar-refractivity contribution in [2.45, 2.75) is 31.0 Å². The summed E-state index contributed by atoms with van der Waals surface area (Å²) >= 11 is 0. The highest BCUT2D eigenvalue weighted by atomic mass is 16.6. The van der Waals surface area contributed by atoms with E-state index in [0.717, 1.165) is 48.0 Å². The van der Waals surface area contributed by atoms with Crippen LogP contribution in [0.4, 0.5) is 0 Å². The number of hydrogen-bond acceptors (Lipinski definition) is 3. The number of rotatable bonds is 3. The smallest absolute Gasteiger partial charge is 0.253 e. The molecule has 2 saturated heterocycles. The van der Waals surface area contributed by atoms with Crippen LogP contribution in [0.1, 0.15) is 29.6 Å². The van der Waals surface area contributed by atoms with Crippen molar-refractivity contribution in [3.63, 3.8) is 0 Å². The molecule has 0 bridgehead atoms. The van der Waals surface area contributed by atoms with Crippen LogP contribution in [0, 0.1) is 0 Å². The molecule has 0 radical (unpaired) electrons. The standard InChI is InChI=1S/C23H24N2O3/c26-22(18-7-8-21-17(13-18)9-11-24-21)25-12-4-10-23(16-25)14-20(15-27-23)28-19-5-2-1-3-6-19/h1-3,5-9,11,13,20,24H,4,10,12,14-16H2/t20-,23-/m1/s1. The summed E-state index contributed by atoms with van der Waals surface area (Å²) in [5.74, 6) is 0.954. The maximum atomic E-state index is 13.1. The number of nitrogens with zero attached hydrogens (tertiary/aromatic N) is 1. The van der Waals surface area contributed by atoms with Gasteiger partial charge in [0.05, 0.1) is 18.8 Å². The Balaban J connectivity index is 1.28. The van der Waals surface area contributed by atoms with Crippen LogP contribution in [0.3, 0.4) is 0 Å². The molecule has 0 unspecified atom stereocenters. The Kier molecular flexibility index (Phi) is 4.32. The topological polar surface area (TPSA) is 54.6 Å². The molecule has 2 aromatic carbocycles. The number of aromatic nitrogens is 1. The molecular formula is C23H24N2O3. The third kappa shape index (κ3) is 3.27. The fourth-order valence-electron chi connectivity index (χ4n) is 4.49. The Labute approximate surface area is 164 Å². The fraction of sp³-hybridized carbons (Fsp3) is 0.348. The normalized spacial score (nSPS) is 24.7. The van der Waals surface area contributed by atoms with Gasteiger partial charge in [0, 0.05) is 35.6 Å². The number of nitrogens with one attached hydrogen (secondary N) is 1. The van der Waals surface area contributed by atoms with Crippen molar-refractivity contribution < 1.29 is 14.3 Å². The second-order valence-electron chi connectivity index (χ2n) is 7.86. The zero-order valence-electron chi connectivity index (χ0n) is 15.8. The molecule has 2 atom stereocenters. The SMILES string of the molecule is O=C(c1ccc2[nH]ccc2c1)N1CCC[C@@]2(C[C@@H](Oc3ccccc3)CO2)C1. The molecule has 1 amide bonds. The number of H-pyrrole nitrogens is 1. The second kappa shape index (κ2) is 6.99. The van der Waals surface area contributed by atoms with Crippen molar-refractivity contribution in [1.29, 1.82) is 0 Å². The predicted molar refractivity (Wildman–Crippen MR) is 108 cm³/mol. The van der Waals surface area contributed by atoms with Crippen LogP contribution in [0.5, 0.6) is 5.75 Å². The number of amides is 1. The minimum absolute atomic E-state index is 0.0358. The van der Waals surface area contributed by atoms with Crippen molar-refractivity contribution in [3.05, 3.63) is 66.4 Å². The molecule has 144 valence electrons. The first kappa shape index (κ1) is 17.3. The molecule has 2 fully saturated rings. The van der Waals surface area contributed by atoms with Gasteiger partial charge < -0.3 is 19.4 Å². The van der Waals surface area contributed by atoms with Gasteiger partial charge in [-0.2, -0.15) is 0 Å². The average Bonchev–Trinajstić information content (AvgIpc) is 3.35. The van der Waals surface area contributed by atoms with E-state index >= 15 is 0 Å². The quantitative estimate of drug-likeness (QED) is 0.751. The number of piperidine rings is 1. The van der Waals surface area contributed by atoms with Gasteiger partial charge in [-0.05, 0) is 49.2 Å². The summed E-state index contributed by atoms with van der Waals surface area (Å²) in [5, 5.41) is 1.06. The third-order valence-corrected chi connectivity index (χ3v) is 5.85. The van der Waals surface area contributed by atoms with Crippen LogP contribution in [0.2, 0.25) is 0 Å². The number of benzene rings is 2. The van der Waals surface area contributed by atoms with E-state index in [4.69, 9.17) is 9.47 Å². The lowest BCUT2D eigenvalue weighted by atomic mass is 9.89. The van der Waals surface area contributed by atoms with Crippen molar-refractivity contribution in [3.8, 4) is 5.75 Å². The number of hydrogen-bond donors (Lipinski definition) is 1. The molecule has 5 rings (SSSR count). The summed E-state index contributed by atoms with van der Waals surface area (Å²) in [7, 11) is 0. The first-order chi connectivity index (χ1) is 13.7. The van der Waals surface area contributed by atoms with Gasteiger partial charge in [0.15, 0.2) is 0 Å². The zero-order chi connectivity index (χ0) is 19.0. The molecule has 3 aromatic rings. The van der Waals surface area contributed by atoms with Crippen molar-refractivity contribution in [2.75, 3.05) is 19.7 Å². The van der Waals surface area contributed by atoms with E-state index < -0.39 is 0 Å². The van der Waals surface area contributed by atoms with Crippen LogP contribution in [-0.4, -0.2) is 47.2 Å². The Morgan fingerprint density at radius 3 is 2.96 bits per heavy atom. The van der Waals surface area contributed by atoms with E-state index in [1.807, 2.05) is 65.7 Å². The van der Waals surface area contributed by atoms with E-state index in [9.17, 15) is 4.79 Å². The molecular weight excluding hydrogens is 352 g/mol. The van der Waals surface area contributed by atoms with Gasteiger partial charge >= 0.3 is 0 Å². The average molecular weight is 376 g/mol. The molecule has 0 saturated carbocycles. The first-order valence-corrected chi connectivity index (χ1v) is 9.93. The molecule has 5 nitrogen and oxygen atoms in total. The Morgan fingerprint density at radius 1 is 1.18 bits per heavy atom. The number of fused-ring (bicyclic) bond motifs is 1. The summed E-state index contributed by atoms with van der Waals surface area (Å²) in [5.41, 5.74) is 1.50. The number of ether oxygens (including phenoxy) is 2. The number of carbonyl (C=O) groups is 1. The highest BCUT2D eigenvalue weighted by molar-refractivity contribution is 5.98. The van der Waals surface area contributed by atoms with Gasteiger partial charge in [0.25, 0.3) is 5.91 Å². The lowest BCUT2D eigenvalue weighted by molar-refractivity contribution is -0.0453. The Bertz CT molecular complexity index is 984. The van der Waals surface area contributed by atoms with Gasteiger partial charge in [-0.1, -0.05) is 18.2 Å². The molecule has 28 heavy (non-hydrogen) atoms. The van der Waals surface area contributed by atoms with Crippen LogP contribution in [0.15, 0.2) is 60.8 Å². The van der Waals surface area contributed by atoms with Crippen molar-refractivity contribution in [2.24, 2.45) is 0 Å². The molecule has 5 heteroatoms. The summed E-state index contributed by atoms with van der Waals surface area (Å²) in [6, 6.07) is 17.7. The van der Waals surface area contributed by atoms with Crippen LogP contribution >= 0.6 is 0 Å². The van der Waals surface area contributed by atoms with E-state index in [-0.39, 0.29) is 17.6 Å². The Morgan fingerprint density at radius 2 is 2.07 bits per heavy atom. The van der Waals surface area contributed by atoms with Gasteiger partial charge in [0.1, 0.15) is 11.9 Å². The summed E-state index contributed by atoms with van der Waals surface area (Å²) in [6.07, 6.45) is 4.68. The van der Waals surface area contributed by atoms with E-state index in [0.29, 0.717) is 13.2 Å². The maximum absolute atomic E-state index is 13.1. The molecule has 1 aromatic heterocycles. The van der Waals surface area contributed by atoms with E-state index in [1.54, 1.807) is 0 Å². The molecule has 1 spiro atoms. The zero-order valence-corrected chi connectivity index (χ0v) is 15.8. The summed E-state index contributed by atoms with van der Waals surface area (Å²) in [4.78, 5) is 18.2. The van der Waals surface area contributed by atoms with Gasteiger partial charge in [-0.15, -0.1) is 0 Å². The number of likely N-dealkylation sites (tertiary alicyclic amines) is 1. The fourth-order valence-corrected chi connectivity index (χ4v) is 4.49. The van der Waals surface area contributed by atoms with E-state index in [1.165, 1.54) is 0 Å². The first-order valence-electron chi connectivity index (χ1n) is 9.93. The lowest BCUT2D eigenvalue weighted by Crippen LogP contribution is -2.50. The van der Waals surface area contributed by atoms with Crippen molar-refractivity contribution in [1.82, 2.24) is 9.88 Å². The largest absolute Gasteiger partial charge is 0.488 e. The van der Waals surface area contributed by atoms with Crippen LogP contribution in [-0.2, 0) is 4.74 Å². The minimum atomic E-state index is -0.286. The molecule has 2 aliphatic rings. The second-order valence-corrected chi connectivity index (χ2v) is 7.86. The number of para-hydroxylation sites is 1. The summed E-state index contributed by atoms with van der Waals surface area (Å²) < 4.78 is 12.3. The monoisotopic (exact) mass is 376 g/mol. The van der Waals surface area contributed by atoms with Crippen LogP contribution < -0.4 is 4.74 Å². The molecule has 0 aliphatic carbocycles. The lowest BCUT2D eigenvalue weighted by Gasteiger charge is -2.39. The Hall–Kier alpha value is -2.79. The van der Waals surface area contributed by atoms with Gasteiger partial charge in [-0.3, -0.25) is 4.79 Å². The summed E-state index contributed by atoms with van der Waals surface area (Å²) in [6.45, 7) is 1.98. The van der Waals surface area contributed by atoms with E-state index in [2.05, 4.69) is 4.98 Å². The number of aromatic amines is 1. The maximum Gasteiger partial charge on any atom is 0.253 e. The highest BCUT2D eigenvalue weighted by Crippen LogP contribution is 2.36. The van der Waals surface area contributed by atoms with Gasteiger partial charge in [-0.25, -0.2) is 0 Å². The molecule has 2 aliphatic heterocycles. The van der Waals surface area contributed by atoms with Crippen molar-refractivity contribution >= 4 is 16.8 Å². The number of carbonyl (C=O) groups excluding carboxylic acids is 1. The molecule has 1 N–H and O–H groups in total.